The molecular weight excluding hydrogens is 354 g/mol. The van der Waals surface area contributed by atoms with Gasteiger partial charge in [0.25, 0.3) is 5.19 Å². The van der Waals surface area contributed by atoms with E-state index >= 15 is 0 Å². The third kappa shape index (κ3) is 3.64. The molecule has 9 nitrogen and oxygen atoms in total. The highest BCUT2D eigenvalue weighted by atomic mass is 32.1. The maximum absolute atomic E-state index is 11.0. The Hall–Kier alpha value is -3.40. The molecule has 130 valence electrons. The van der Waals surface area contributed by atoms with Crippen LogP contribution in [0.1, 0.15) is 5.56 Å². The van der Waals surface area contributed by atoms with E-state index in [0.29, 0.717) is 34.5 Å². The van der Waals surface area contributed by atoms with E-state index < -0.39 is 5.69 Å². The molecule has 0 spiro atoms. The van der Waals surface area contributed by atoms with Crippen molar-refractivity contribution in [2.24, 2.45) is 0 Å². The lowest BCUT2D eigenvalue weighted by Crippen LogP contribution is -2.08. The summed E-state index contributed by atoms with van der Waals surface area (Å²) in [5.41, 5.74) is 1.93. The van der Waals surface area contributed by atoms with Gasteiger partial charge in [-0.1, -0.05) is 12.1 Å². The Kier molecular flexibility index (Phi) is 4.48. The average molecular weight is 367 g/mol. The number of hydrogen-bond donors (Lipinski definition) is 2. The van der Waals surface area contributed by atoms with E-state index in [4.69, 9.17) is 4.74 Å². The Morgan fingerprint density at radius 2 is 1.92 bits per heavy atom. The van der Waals surface area contributed by atoms with Crippen molar-refractivity contribution in [3.8, 4) is 10.9 Å². The largest absolute Gasteiger partial charge is 0.430 e. The summed E-state index contributed by atoms with van der Waals surface area (Å²) in [6.45, 7) is 0.684. The van der Waals surface area contributed by atoms with Crippen LogP contribution in [-0.4, -0.2) is 35.8 Å². The Labute approximate surface area is 151 Å². The molecule has 0 saturated heterocycles. The van der Waals surface area contributed by atoms with Crippen molar-refractivity contribution < 1.29 is 4.74 Å². The molecule has 3 heterocycles. The molecule has 4 rings (SSSR count). The zero-order valence-electron chi connectivity index (χ0n) is 13.4. The molecule has 0 aliphatic heterocycles. The van der Waals surface area contributed by atoms with Crippen LogP contribution in [0.2, 0.25) is 0 Å². The molecule has 10 heteroatoms. The second-order valence-electron chi connectivity index (χ2n) is 5.26. The molecule has 0 aliphatic carbocycles. The molecule has 3 aromatic heterocycles. The van der Waals surface area contributed by atoms with Crippen LogP contribution >= 0.6 is 11.5 Å². The fraction of sp³-hybridized carbons (Fsp3) is 0.125. The van der Waals surface area contributed by atoms with Gasteiger partial charge in [-0.3, -0.25) is 4.37 Å². The van der Waals surface area contributed by atoms with Crippen LogP contribution in [0, 0.1) is 0 Å². The third-order valence-electron chi connectivity index (χ3n) is 3.52. The van der Waals surface area contributed by atoms with Crippen molar-refractivity contribution in [2.45, 2.75) is 6.42 Å². The number of H-pyrrole nitrogens is 1. The van der Waals surface area contributed by atoms with Crippen LogP contribution in [0.5, 0.6) is 10.9 Å². The molecule has 0 radical (unpaired) electrons. The fourth-order valence-electron chi connectivity index (χ4n) is 2.33. The SMILES string of the molecule is O=c1nc(Oc2ccc(CCNc3ncnc4nccnc34)cc2)s[nH]1. The number of anilines is 1. The van der Waals surface area contributed by atoms with Crippen LogP contribution in [-0.2, 0) is 6.42 Å². The summed E-state index contributed by atoms with van der Waals surface area (Å²) in [5.74, 6) is 1.29. The van der Waals surface area contributed by atoms with Gasteiger partial charge in [0.1, 0.15) is 17.6 Å². The number of nitrogens with one attached hydrogen (secondary N) is 2. The van der Waals surface area contributed by atoms with Gasteiger partial charge in [-0.05, 0) is 24.1 Å². The van der Waals surface area contributed by atoms with Gasteiger partial charge in [0.2, 0.25) is 0 Å². The van der Waals surface area contributed by atoms with Crippen LogP contribution in [0.3, 0.4) is 0 Å². The average Bonchev–Trinajstić information content (AvgIpc) is 3.08. The monoisotopic (exact) mass is 367 g/mol. The third-order valence-corrected chi connectivity index (χ3v) is 4.15. The molecule has 0 atom stereocenters. The lowest BCUT2D eigenvalue weighted by Gasteiger charge is -2.07. The van der Waals surface area contributed by atoms with Gasteiger partial charge in [0, 0.05) is 30.5 Å². The van der Waals surface area contributed by atoms with E-state index in [9.17, 15) is 4.79 Å². The minimum atomic E-state index is -0.408. The van der Waals surface area contributed by atoms with Gasteiger partial charge < -0.3 is 10.1 Å². The highest BCUT2D eigenvalue weighted by molar-refractivity contribution is 7.07. The fourth-order valence-corrected chi connectivity index (χ4v) is 2.82. The first-order valence-electron chi connectivity index (χ1n) is 7.76. The van der Waals surface area contributed by atoms with Crippen molar-refractivity contribution in [3.63, 3.8) is 0 Å². The summed E-state index contributed by atoms with van der Waals surface area (Å²) in [6.07, 6.45) is 5.48. The molecule has 2 N–H and O–H groups in total. The van der Waals surface area contributed by atoms with Crippen LogP contribution in [0.25, 0.3) is 11.2 Å². The van der Waals surface area contributed by atoms with Gasteiger partial charge >= 0.3 is 5.69 Å². The Bertz CT molecular complexity index is 1070. The second kappa shape index (κ2) is 7.23. The van der Waals surface area contributed by atoms with E-state index in [0.717, 1.165) is 23.5 Å². The minimum Gasteiger partial charge on any atom is -0.430 e. The van der Waals surface area contributed by atoms with E-state index in [1.807, 2.05) is 24.3 Å². The summed E-state index contributed by atoms with van der Waals surface area (Å²) in [6, 6.07) is 7.61. The molecular formula is C16H13N7O2S. The van der Waals surface area contributed by atoms with Gasteiger partial charge in [-0.2, -0.15) is 0 Å². The Morgan fingerprint density at radius 3 is 2.73 bits per heavy atom. The van der Waals surface area contributed by atoms with Crippen molar-refractivity contribution >= 4 is 28.5 Å². The number of aromatic amines is 1. The van der Waals surface area contributed by atoms with Crippen molar-refractivity contribution in [1.29, 1.82) is 0 Å². The Balaban J connectivity index is 1.36. The molecule has 0 aliphatic rings. The number of aromatic nitrogens is 6. The van der Waals surface area contributed by atoms with Crippen molar-refractivity contribution in [2.75, 3.05) is 11.9 Å². The molecule has 0 amide bonds. The highest BCUT2D eigenvalue weighted by Gasteiger charge is 2.05. The first-order chi connectivity index (χ1) is 12.8. The van der Waals surface area contributed by atoms with Gasteiger partial charge in [0.05, 0.1) is 0 Å². The van der Waals surface area contributed by atoms with Crippen molar-refractivity contribution in [1.82, 2.24) is 29.3 Å². The van der Waals surface area contributed by atoms with Crippen molar-refractivity contribution in [3.05, 3.63) is 59.0 Å². The first-order valence-corrected chi connectivity index (χ1v) is 8.57. The standard InChI is InChI=1S/C16H13N7O2S/c24-15-22-16(26-23-15)25-11-3-1-10(2-4-11)5-6-18-13-12-14(21-9-20-13)19-8-7-17-12/h1-4,7-9H,5-6H2,(H,23,24)(H,18,19,20,21). The topological polar surface area (TPSA) is 119 Å². The minimum absolute atomic E-state index is 0.293. The van der Waals surface area contributed by atoms with Crippen LogP contribution in [0.15, 0.2) is 47.8 Å². The molecule has 4 aromatic rings. The Morgan fingerprint density at radius 1 is 1.08 bits per heavy atom. The first kappa shape index (κ1) is 16.1. The summed E-state index contributed by atoms with van der Waals surface area (Å²) in [7, 11) is 0. The second-order valence-corrected chi connectivity index (χ2v) is 6.02. The van der Waals surface area contributed by atoms with E-state index in [1.54, 1.807) is 12.4 Å². The maximum Gasteiger partial charge on any atom is 0.358 e. The summed E-state index contributed by atoms with van der Waals surface area (Å²) in [5, 5.41) is 3.55. The van der Waals surface area contributed by atoms with E-state index in [-0.39, 0.29) is 0 Å². The number of ether oxygens (including phenoxy) is 1. The summed E-state index contributed by atoms with van der Waals surface area (Å²) < 4.78 is 7.98. The molecule has 1 aromatic carbocycles. The smallest absolute Gasteiger partial charge is 0.358 e. The molecule has 0 unspecified atom stereocenters. The van der Waals surface area contributed by atoms with E-state index in [2.05, 4.69) is 34.6 Å². The lowest BCUT2D eigenvalue weighted by atomic mass is 10.1. The number of fused-ring (bicyclic) bond motifs is 1. The number of nitrogens with zero attached hydrogens (tertiary/aromatic N) is 5. The zero-order valence-corrected chi connectivity index (χ0v) is 14.2. The predicted octanol–water partition coefficient (Wildman–Crippen LogP) is 2.01. The quantitative estimate of drug-likeness (QED) is 0.531. The normalized spacial score (nSPS) is 10.8. The molecule has 0 fully saturated rings. The molecule has 26 heavy (non-hydrogen) atoms. The van der Waals surface area contributed by atoms with Crippen LogP contribution < -0.4 is 15.7 Å². The summed E-state index contributed by atoms with van der Waals surface area (Å²) in [4.78, 5) is 31.4. The number of benzene rings is 1. The lowest BCUT2D eigenvalue weighted by molar-refractivity contribution is 0.477. The highest BCUT2D eigenvalue weighted by Crippen LogP contribution is 2.21. The van der Waals surface area contributed by atoms with E-state index in [1.165, 1.54) is 6.33 Å². The number of hydrogen-bond acceptors (Lipinski definition) is 9. The summed E-state index contributed by atoms with van der Waals surface area (Å²) >= 11 is 1.06. The van der Waals surface area contributed by atoms with Gasteiger partial charge in [-0.25, -0.2) is 24.7 Å². The zero-order chi connectivity index (χ0) is 17.8. The predicted molar refractivity (Wildman–Crippen MR) is 96.6 cm³/mol. The molecule has 0 bridgehead atoms. The van der Waals surface area contributed by atoms with Gasteiger partial charge in [0.15, 0.2) is 11.5 Å². The van der Waals surface area contributed by atoms with Gasteiger partial charge in [-0.15, -0.1) is 4.98 Å². The van der Waals surface area contributed by atoms with Crippen LogP contribution in [0.4, 0.5) is 5.82 Å². The molecule has 0 saturated carbocycles. The maximum atomic E-state index is 11.0. The number of rotatable bonds is 6.